The van der Waals surface area contributed by atoms with E-state index in [9.17, 15) is 0 Å². The van der Waals surface area contributed by atoms with Crippen molar-refractivity contribution >= 4 is 0 Å². The summed E-state index contributed by atoms with van der Waals surface area (Å²) in [6.07, 6.45) is 6.90. The van der Waals surface area contributed by atoms with Crippen LogP contribution in [0.25, 0.3) is 0 Å². The van der Waals surface area contributed by atoms with Gasteiger partial charge >= 0.3 is 0 Å². The topological polar surface area (TPSA) is 3.01 Å². The standard InChI is InChI=1S/C12H21N.C2H4/c1-9(2)8-10(3)13-11-6-4-5-7-12(11)13;1-2/h9,11-12H,3-8H2,1-2H3;1-2H2. The third-order valence-corrected chi connectivity index (χ3v) is 3.33. The molecule has 1 saturated carbocycles. The molecular weight excluding hydrogens is 182 g/mol. The number of likely N-dealkylation sites (tertiary alicyclic amines) is 1. The van der Waals surface area contributed by atoms with Gasteiger partial charge in [-0.3, -0.25) is 0 Å². The maximum Gasteiger partial charge on any atom is 0.0494 e. The summed E-state index contributed by atoms with van der Waals surface area (Å²) in [6.45, 7) is 14.8. The molecule has 2 atom stereocenters. The molecule has 0 aromatic heterocycles. The summed E-state index contributed by atoms with van der Waals surface area (Å²) in [4.78, 5) is 2.58. The molecule has 1 aliphatic carbocycles. The zero-order valence-corrected chi connectivity index (χ0v) is 10.3. The summed E-state index contributed by atoms with van der Waals surface area (Å²) in [5.41, 5.74) is 1.40. The van der Waals surface area contributed by atoms with Crippen molar-refractivity contribution in [1.29, 1.82) is 0 Å². The summed E-state index contributed by atoms with van der Waals surface area (Å²) in [7, 11) is 0. The molecular formula is C14H25N. The number of rotatable bonds is 3. The van der Waals surface area contributed by atoms with Gasteiger partial charge in [-0.25, -0.2) is 0 Å². The lowest BCUT2D eigenvalue weighted by Gasteiger charge is -2.11. The van der Waals surface area contributed by atoms with Crippen LogP contribution in [0.3, 0.4) is 0 Å². The quantitative estimate of drug-likeness (QED) is 0.500. The fourth-order valence-electron chi connectivity index (χ4n) is 2.75. The highest BCUT2D eigenvalue weighted by atomic mass is 15.4. The number of hydrogen-bond acceptors (Lipinski definition) is 1. The van der Waals surface area contributed by atoms with Crippen molar-refractivity contribution in [1.82, 2.24) is 4.90 Å². The highest BCUT2D eigenvalue weighted by molar-refractivity contribution is 5.16. The Morgan fingerprint density at radius 2 is 1.67 bits per heavy atom. The van der Waals surface area contributed by atoms with Gasteiger partial charge in [0, 0.05) is 17.8 Å². The molecule has 0 spiro atoms. The Hall–Kier alpha value is -0.720. The average molecular weight is 207 g/mol. The first-order valence-electron chi connectivity index (χ1n) is 6.16. The molecule has 0 radical (unpaired) electrons. The van der Waals surface area contributed by atoms with E-state index < -0.39 is 0 Å². The Bertz CT molecular complexity index is 207. The zero-order valence-electron chi connectivity index (χ0n) is 10.3. The Balaban J connectivity index is 0.000000531. The number of allylic oxidation sites excluding steroid dienone is 1. The van der Waals surface area contributed by atoms with Crippen molar-refractivity contribution in [2.45, 2.75) is 58.0 Å². The molecule has 0 N–H and O–H groups in total. The van der Waals surface area contributed by atoms with Crippen LogP contribution in [0.2, 0.25) is 0 Å². The van der Waals surface area contributed by atoms with E-state index in [1.54, 1.807) is 0 Å². The van der Waals surface area contributed by atoms with Gasteiger partial charge in [0.2, 0.25) is 0 Å². The van der Waals surface area contributed by atoms with Gasteiger partial charge in [0.1, 0.15) is 0 Å². The van der Waals surface area contributed by atoms with Crippen molar-refractivity contribution in [3.05, 3.63) is 25.4 Å². The molecule has 0 amide bonds. The lowest BCUT2D eigenvalue weighted by Crippen LogP contribution is -2.03. The average Bonchev–Trinajstić information content (AvgIpc) is 2.93. The minimum Gasteiger partial charge on any atom is -0.365 e. The van der Waals surface area contributed by atoms with Crippen LogP contribution in [-0.4, -0.2) is 17.0 Å². The molecule has 1 heterocycles. The lowest BCUT2D eigenvalue weighted by atomic mass is 10.0. The molecule has 0 aromatic rings. The first-order valence-corrected chi connectivity index (χ1v) is 6.16. The van der Waals surface area contributed by atoms with Crippen molar-refractivity contribution in [2.75, 3.05) is 0 Å². The molecule has 2 aliphatic rings. The lowest BCUT2D eigenvalue weighted by molar-refractivity contribution is 0.507. The summed E-state index contributed by atoms with van der Waals surface area (Å²) in [5.74, 6) is 0.759. The first-order chi connectivity index (χ1) is 7.20. The third-order valence-electron chi connectivity index (χ3n) is 3.33. The second kappa shape index (κ2) is 5.39. The van der Waals surface area contributed by atoms with Crippen molar-refractivity contribution in [3.8, 4) is 0 Å². The summed E-state index contributed by atoms with van der Waals surface area (Å²) in [5, 5.41) is 0. The van der Waals surface area contributed by atoms with E-state index in [1.165, 1.54) is 37.8 Å². The van der Waals surface area contributed by atoms with Crippen molar-refractivity contribution < 1.29 is 0 Å². The minimum atomic E-state index is 0.759. The fraction of sp³-hybridized carbons (Fsp3) is 0.714. The van der Waals surface area contributed by atoms with Gasteiger partial charge in [-0.2, -0.15) is 0 Å². The third kappa shape index (κ3) is 2.87. The van der Waals surface area contributed by atoms with E-state index in [0.717, 1.165) is 18.0 Å². The van der Waals surface area contributed by atoms with Gasteiger partial charge in [-0.15, -0.1) is 13.2 Å². The number of fused-ring (bicyclic) bond motifs is 1. The van der Waals surface area contributed by atoms with E-state index in [0.29, 0.717) is 0 Å². The van der Waals surface area contributed by atoms with Gasteiger partial charge in [0.15, 0.2) is 0 Å². The van der Waals surface area contributed by atoms with Crippen LogP contribution in [0.5, 0.6) is 0 Å². The van der Waals surface area contributed by atoms with Gasteiger partial charge in [0.05, 0.1) is 0 Å². The van der Waals surface area contributed by atoms with Crippen LogP contribution in [-0.2, 0) is 0 Å². The molecule has 86 valence electrons. The van der Waals surface area contributed by atoms with E-state index >= 15 is 0 Å². The van der Waals surface area contributed by atoms with Crippen LogP contribution >= 0.6 is 0 Å². The Morgan fingerprint density at radius 3 is 2.07 bits per heavy atom. The molecule has 0 aromatic carbocycles. The maximum atomic E-state index is 4.21. The van der Waals surface area contributed by atoms with Crippen LogP contribution < -0.4 is 0 Å². The molecule has 0 bridgehead atoms. The van der Waals surface area contributed by atoms with Crippen LogP contribution in [0.4, 0.5) is 0 Å². The molecule has 2 unspecified atom stereocenters. The molecule has 1 saturated heterocycles. The largest absolute Gasteiger partial charge is 0.365 e. The zero-order chi connectivity index (χ0) is 11.4. The predicted molar refractivity (Wildman–Crippen MR) is 67.7 cm³/mol. The summed E-state index contributed by atoms with van der Waals surface area (Å²) in [6, 6.07) is 1.78. The van der Waals surface area contributed by atoms with E-state index in [1.807, 2.05) is 0 Å². The predicted octanol–water partition coefficient (Wildman–Crippen LogP) is 3.98. The molecule has 1 nitrogen and oxygen atoms in total. The van der Waals surface area contributed by atoms with Crippen molar-refractivity contribution in [3.63, 3.8) is 0 Å². The van der Waals surface area contributed by atoms with Gasteiger partial charge < -0.3 is 4.90 Å². The van der Waals surface area contributed by atoms with E-state index in [2.05, 4.69) is 38.5 Å². The van der Waals surface area contributed by atoms with Crippen molar-refractivity contribution in [2.24, 2.45) is 5.92 Å². The molecule has 15 heavy (non-hydrogen) atoms. The second-order valence-corrected chi connectivity index (χ2v) is 4.99. The molecule has 2 rings (SSSR count). The Morgan fingerprint density at radius 1 is 1.20 bits per heavy atom. The summed E-state index contributed by atoms with van der Waals surface area (Å²) < 4.78 is 0. The maximum absolute atomic E-state index is 4.21. The molecule has 1 aliphatic heterocycles. The van der Waals surface area contributed by atoms with Crippen LogP contribution in [0.15, 0.2) is 25.4 Å². The second-order valence-electron chi connectivity index (χ2n) is 4.99. The van der Waals surface area contributed by atoms with Gasteiger partial charge in [-0.05, 0) is 25.2 Å². The van der Waals surface area contributed by atoms with Gasteiger partial charge in [-0.1, -0.05) is 33.3 Å². The Labute approximate surface area is 94.9 Å². The van der Waals surface area contributed by atoms with Crippen LogP contribution in [0.1, 0.15) is 46.0 Å². The monoisotopic (exact) mass is 207 g/mol. The number of hydrogen-bond donors (Lipinski definition) is 0. The summed E-state index contributed by atoms with van der Waals surface area (Å²) >= 11 is 0. The van der Waals surface area contributed by atoms with Crippen LogP contribution in [0, 0.1) is 5.92 Å². The van der Waals surface area contributed by atoms with E-state index in [-0.39, 0.29) is 0 Å². The number of nitrogens with zero attached hydrogens (tertiary/aromatic N) is 1. The van der Waals surface area contributed by atoms with E-state index in [4.69, 9.17) is 0 Å². The molecule has 1 heteroatoms. The molecule has 2 fully saturated rings. The van der Waals surface area contributed by atoms with Gasteiger partial charge in [0.25, 0.3) is 0 Å². The SMILES string of the molecule is C=C.C=C(CC(C)C)N1C2CCCCC21. The Kier molecular flexibility index (Phi) is 4.44. The smallest absolute Gasteiger partial charge is 0.0494 e. The minimum absolute atomic E-state index is 0.759. The first kappa shape index (κ1) is 12.4. The fourth-order valence-corrected chi connectivity index (χ4v) is 2.75. The highest BCUT2D eigenvalue weighted by Gasteiger charge is 2.48. The normalized spacial score (nSPS) is 27.8. The highest BCUT2D eigenvalue weighted by Crippen LogP contribution is 2.44.